The molecule has 10 N–H and O–H groups in total. The predicted octanol–water partition coefficient (Wildman–Crippen LogP) is -2.67. The second kappa shape index (κ2) is 16.2. The summed E-state index contributed by atoms with van der Waals surface area (Å²) < 4.78 is 34.1. The Balaban J connectivity index is -0.00000000800. The van der Waals surface area contributed by atoms with Gasteiger partial charge in [0.1, 0.15) is 0 Å². The van der Waals surface area contributed by atoms with Crippen LogP contribution in [0.1, 0.15) is 0 Å². The Kier molecular flexibility index (Phi) is 76.9. The molecule has 0 aromatic heterocycles. The fourth-order valence-electron chi connectivity index (χ4n) is 0. The average molecular weight is 361 g/mol. The first-order valence-electron chi connectivity index (χ1n) is 0.667. The van der Waals surface area contributed by atoms with Crippen molar-refractivity contribution in [3.63, 3.8) is 0 Å². The summed E-state index contributed by atoms with van der Waals surface area (Å²) in [6.07, 6.45) is 0. The molecule has 0 aliphatic rings. The van der Waals surface area contributed by atoms with E-state index in [2.05, 4.69) is 0 Å². The minimum Gasteiger partial charge on any atom is -0.759 e. The summed E-state index contributed by atoms with van der Waals surface area (Å²) in [5.41, 5.74) is 0. The maximum atomic E-state index is 8.52. The van der Waals surface area contributed by atoms with E-state index in [9.17, 15) is 0 Å². The summed E-state index contributed by atoms with van der Waals surface area (Å²) in [5, 5.41) is 0. The first-order chi connectivity index (χ1) is 2.00. The van der Waals surface area contributed by atoms with Crippen LogP contribution in [0.3, 0.4) is 0 Å². The second-order valence-electron chi connectivity index (χ2n) is 0.408. The summed E-state index contributed by atoms with van der Waals surface area (Å²) in [6, 6.07) is 0. The molecule has 0 aromatic carbocycles. The predicted molar refractivity (Wildman–Crippen MR) is 27.7 cm³/mol. The smallest absolute Gasteiger partial charge is 0.759 e. The van der Waals surface area contributed by atoms with E-state index >= 15 is 0 Å². The van der Waals surface area contributed by atoms with Gasteiger partial charge in [0.05, 0.1) is 0 Å². The Hall–Kier alpha value is 0.398. The van der Waals surface area contributed by atoms with Gasteiger partial charge in [0.15, 0.2) is 0 Å². The molecule has 0 atom stereocenters. The standard InChI is InChI=1S/2H3N.H2O4S.2H2O.Pt/c;;1-5(2,3)4;;;/h2*1H3;(H2,1,2,3,4);2*1H2;/q;;;;;+2/p-2. The van der Waals surface area contributed by atoms with Gasteiger partial charge in [-0.2, -0.15) is 0 Å². The van der Waals surface area contributed by atoms with Gasteiger partial charge in [-0.05, 0) is 0 Å². The van der Waals surface area contributed by atoms with Crippen molar-refractivity contribution in [2.75, 3.05) is 0 Å². The number of rotatable bonds is 0. The largest absolute Gasteiger partial charge is 2.00 e. The molecule has 0 aliphatic carbocycles. The quantitative estimate of drug-likeness (QED) is 0.346. The van der Waals surface area contributed by atoms with Gasteiger partial charge < -0.3 is 32.4 Å². The molecule has 8 nitrogen and oxygen atoms in total. The molecule has 0 heterocycles. The van der Waals surface area contributed by atoms with E-state index in [-0.39, 0.29) is 44.3 Å². The number of hydrogen-bond donors (Lipinski definition) is 2. The van der Waals surface area contributed by atoms with Crippen molar-refractivity contribution >= 4 is 10.4 Å². The maximum Gasteiger partial charge on any atom is 2.00 e. The van der Waals surface area contributed by atoms with Gasteiger partial charge in [0.2, 0.25) is 0 Å². The minimum atomic E-state index is -5.17. The van der Waals surface area contributed by atoms with Crippen molar-refractivity contribution in [1.29, 1.82) is 0 Å². The van der Waals surface area contributed by atoms with E-state index in [1.54, 1.807) is 0 Å². The van der Waals surface area contributed by atoms with Crippen molar-refractivity contribution in [3.8, 4) is 0 Å². The van der Waals surface area contributed by atoms with Gasteiger partial charge >= 0.3 is 21.1 Å². The fraction of sp³-hybridized carbons (Fsp3) is 0. The Morgan fingerprint density at radius 3 is 0.900 bits per heavy atom. The number of hydrogen-bond acceptors (Lipinski definition) is 6. The van der Waals surface area contributed by atoms with Crippen LogP contribution in [0.15, 0.2) is 0 Å². The van der Waals surface area contributed by atoms with Crippen LogP contribution in [-0.2, 0) is 31.5 Å². The third-order valence-corrected chi connectivity index (χ3v) is 0. The van der Waals surface area contributed by atoms with Gasteiger partial charge in [-0.25, -0.2) is 0 Å². The van der Waals surface area contributed by atoms with Crippen LogP contribution >= 0.6 is 0 Å². The van der Waals surface area contributed by atoms with E-state index in [1.165, 1.54) is 0 Å². The normalized spacial score (nSPS) is 5.80. The van der Waals surface area contributed by atoms with Crippen molar-refractivity contribution in [1.82, 2.24) is 12.3 Å². The first-order valence-corrected chi connectivity index (χ1v) is 2.00. The van der Waals surface area contributed by atoms with Crippen LogP contribution in [-0.4, -0.2) is 28.5 Å². The Morgan fingerprint density at radius 1 is 0.900 bits per heavy atom. The SMILES string of the molecule is N.N.O.O.O=S(=O)([O-])[O-].[Pt+2]. The zero-order valence-corrected chi connectivity index (χ0v) is 7.86. The van der Waals surface area contributed by atoms with Crippen LogP contribution in [0.4, 0.5) is 0 Å². The average Bonchev–Trinajstić information content (AvgIpc) is 0.722. The fourth-order valence-corrected chi connectivity index (χ4v) is 0. The van der Waals surface area contributed by atoms with Gasteiger partial charge in [-0.1, -0.05) is 0 Å². The molecular formula is H10N2O6PtS. The summed E-state index contributed by atoms with van der Waals surface area (Å²) in [6.45, 7) is 0. The Labute approximate surface area is 72.6 Å². The molecule has 0 radical (unpaired) electrons. The van der Waals surface area contributed by atoms with Crippen molar-refractivity contribution < 1.29 is 49.5 Å². The summed E-state index contributed by atoms with van der Waals surface area (Å²) in [5.74, 6) is 0. The monoisotopic (exact) mass is 361 g/mol. The van der Waals surface area contributed by atoms with Gasteiger partial charge in [-0.3, -0.25) is 8.42 Å². The van der Waals surface area contributed by atoms with Gasteiger partial charge in [0, 0.05) is 10.4 Å². The molecule has 0 spiro atoms. The molecule has 0 aromatic rings. The molecule has 0 amide bonds. The molecule has 0 unspecified atom stereocenters. The molecule has 72 valence electrons. The maximum absolute atomic E-state index is 8.52. The molecule has 10 heavy (non-hydrogen) atoms. The van der Waals surface area contributed by atoms with Crippen LogP contribution < -0.4 is 12.3 Å². The molecule has 0 aliphatic heterocycles. The molecule has 10 heteroatoms. The molecule has 0 rings (SSSR count). The molecule has 0 saturated heterocycles. The van der Waals surface area contributed by atoms with E-state index in [1.807, 2.05) is 0 Å². The third kappa shape index (κ3) is 2900. The van der Waals surface area contributed by atoms with Gasteiger partial charge in [0.25, 0.3) is 0 Å². The van der Waals surface area contributed by atoms with Crippen LogP contribution in [0.25, 0.3) is 0 Å². The van der Waals surface area contributed by atoms with E-state index in [0.29, 0.717) is 0 Å². The summed E-state index contributed by atoms with van der Waals surface area (Å²) in [4.78, 5) is 0. The molecule has 0 bridgehead atoms. The summed E-state index contributed by atoms with van der Waals surface area (Å²) >= 11 is 0. The Morgan fingerprint density at radius 2 is 0.900 bits per heavy atom. The van der Waals surface area contributed by atoms with Crippen LogP contribution in [0.5, 0.6) is 0 Å². The first kappa shape index (κ1) is 47.5. The second-order valence-corrected chi connectivity index (χ2v) is 1.22. The molecule has 0 fully saturated rings. The van der Waals surface area contributed by atoms with Crippen molar-refractivity contribution in [2.24, 2.45) is 0 Å². The molecule has 0 saturated carbocycles. The van der Waals surface area contributed by atoms with Gasteiger partial charge in [-0.15, -0.1) is 0 Å². The van der Waals surface area contributed by atoms with Crippen LogP contribution in [0.2, 0.25) is 0 Å². The van der Waals surface area contributed by atoms with E-state index < -0.39 is 10.4 Å². The van der Waals surface area contributed by atoms with E-state index in [4.69, 9.17) is 17.5 Å². The van der Waals surface area contributed by atoms with Crippen molar-refractivity contribution in [3.05, 3.63) is 0 Å². The third-order valence-electron chi connectivity index (χ3n) is 0. The van der Waals surface area contributed by atoms with E-state index in [0.717, 1.165) is 0 Å². The minimum absolute atomic E-state index is 0. The molecular weight excluding hydrogens is 351 g/mol. The topological polar surface area (TPSA) is 213 Å². The zero-order chi connectivity index (χ0) is 4.50. The van der Waals surface area contributed by atoms with Crippen LogP contribution in [0, 0.1) is 0 Å². The summed E-state index contributed by atoms with van der Waals surface area (Å²) in [7, 11) is -5.17. The zero-order valence-electron chi connectivity index (χ0n) is 4.77. The van der Waals surface area contributed by atoms with Crippen molar-refractivity contribution in [2.45, 2.75) is 0 Å². The Bertz CT molecular complexity index is 98.9.